The molecule has 0 atom stereocenters. The van der Waals surface area contributed by atoms with Crippen molar-refractivity contribution in [3.05, 3.63) is 70.0 Å². The summed E-state index contributed by atoms with van der Waals surface area (Å²) < 4.78 is 8.70. The summed E-state index contributed by atoms with van der Waals surface area (Å²) in [5.74, 6) is 0. The van der Waals surface area contributed by atoms with Gasteiger partial charge in [-0.1, -0.05) is 84.8 Å². The van der Waals surface area contributed by atoms with E-state index in [0.29, 0.717) is 0 Å². The van der Waals surface area contributed by atoms with Crippen LogP contribution in [-0.4, -0.2) is 10.3 Å². The molecule has 198 valence electrons. The van der Waals surface area contributed by atoms with Crippen LogP contribution in [0.4, 0.5) is 0 Å². The van der Waals surface area contributed by atoms with Crippen molar-refractivity contribution in [2.24, 2.45) is 0 Å². The van der Waals surface area contributed by atoms with Gasteiger partial charge >= 0.3 is 0 Å². The van der Waals surface area contributed by atoms with Crippen molar-refractivity contribution in [2.75, 3.05) is 0 Å². The first-order valence-corrected chi connectivity index (χ1v) is 14.9. The van der Waals surface area contributed by atoms with Crippen LogP contribution in [0.3, 0.4) is 0 Å². The maximum Gasteiger partial charge on any atom is 0.177 e. The van der Waals surface area contributed by atoms with E-state index in [1.165, 1.54) is 14.8 Å². The molecule has 36 heavy (non-hydrogen) atoms. The maximum absolute atomic E-state index is 4.95. The molecule has 0 fully saturated rings. The van der Waals surface area contributed by atoms with Crippen LogP contribution in [0.5, 0.6) is 0 Å². The van der Waals surface area contributed by atoms with Gasteiger partial charge in [-0.05, 0) is 53.6 Å². The summed E-state index contributed by atoms with van der Waals surface area (Å²) in [6.45, 7) is 19.9. The Morgan fingerprint density at radius 3 is 1.86 bits per heavy atom. The van der Waals surface area contributed by atoms with Crippen LogP contribution in [0.1, 0.15) is 66.8 Å². The molecule has 5 aromatic heterocycles. The molecule has 0 N–H and O–H groups in total. The molecule has 1 aromatic carbocycles. The van der Waals surface area contributed by atoms with Crippen LogP contribution < -0.4 is 5.10 Å². The molecule has 0 saturated carbocycles. The Bertz CT molecular complexity index is 1180. The van der Waals surface area contributed by atoms with Crippen LogP contribution in [0, 0.1) is 13.8 Å². The van der Waals surface area contributed by atoms with Crippen molar-refractivity contribution in [2.45, 2.75) is 69.2 Å². The van der Waals surface area contributed by atoms with Crippen molar-refractivity contribution >= 4 is 64.6 Å². The minimum atomic E-state index is 0. The van der Waals surface area contributed by atoms with Crippen molar-refractivity contribution < 1.29 is 25.6 Å². The Hall–Kier alpha value is -1.79. The molecule has 0 spiro atoms. The molecule has 4 nitrogen and oxygen atoms in total. The number of nitrogens with zero attached hydrogens (tertiary/aromatic N) is 3. The predicted octanol–water partition coefficient (Wildman–Crippen LogP) is 10.8. The quantitative estimate of drug-likeness (QED) is 0.157. The van der Waals surface area contributed by atoms with E-state index in [0.717, 1.165) is 27.2 Å². The fourth-order valence-corrected chi connectivity index (χ4v) is 4.85. The molecule has 8 heteroatoms. The first-order valence-electron chi connectivity index (χ1n) is 12.3. The van der Waals surface area contributed by atoms with Crippen molar-refractivity contribution in [3.8, 4) is 0 Å². The molecule has 5 heterocycles. The summed E-state index contributed by atoms with van der Waals surface area (Å²) in [6.07, 6.45) is 0. The standard InChI is InChI=1S/C8H6S.C6H5N2S.C6H5NOS.4C2H6.W/c1-2-4-8-7(3-1)5-6-9-8;2*1-4-6-5(8-7-4)2-3-9-6;4*1-2;/h1-6H;2*2-3H,1H3;4*1-2H3;/q;-1;;;;;;. The SMILES string of the molecule is CC.CC.CC.CC.Cc1n[n-]c2ccsc12.Cc1noc2ccsc12.[W].c1ccc2sccc2c1. The Kier molecular flexibility index (Phi) is 22.6. The topological polar surface area (TPSA) is 53.0 Å². The van der Waals surface area contributed by atoms with Crippen LogP contribution in [-0.2, 0) is 21.1 Å². The van der Waals surface area contributed by atoms with Gasteiger partial charge in [0, 0.05) is 36.2 Å². The van der Waals surface area contributed by atoms with E-state index < -0.39 is 0 Å². The normalized spacial score (nSPS) is 8.61. The third-order valence-electron chi connectivity index (χ3n) is 3.88. The van der Waals surface area contributed by atoms with E-state index in [4.69, 9.17) is 4.52 Å². The van der Waals surface area contributed by atoms with Gasteiger partial charge in [-0.15, -0.1) is 39.5 Å². The molecule has 0 unspecified atom stereocenters. The Morgan fingerprint density at radius 2 is 1.25 bits per heavy atom. The summed E-state index contributed by atoms with van der Waals surface area (Å²) in [6, 6.07) is 14.5. The molecule has 0 saturated heterocycles. The number of aromatic nitrogens is 3. The molecule has 0 amide bonds. The number of rotatable bonds is 0. The van der Waals surface area contributed by atoms with E-state index in [-0.39, 0.29) is 21.1 Å². The molecule has 0 bridgehead atoms. The van der Waals surface area contributed by atoms with Gasteiger partial charge in [0.2, 0.25) is 0 Å². The average molecular weight is 715 g/mol. The number of benzene rings is 1. The summed E-state index contributed by atoms with van der Waals surface area (Å²) in [4.78, 5) is 0. The number of thiophene rings is 3. The van der Waals surface area contributed by atoms with Crippen LogP contribution >= 0.6 is 34.0 Å². The number of fused-ring (bicyclic) bond motifs is 3. The van der Waals surface area contributed by atoms with Gasteiger partial charge < -0.3 is 14.7 Å². The second-order valence-electron chi connectivity index (χ2n) is 5.76. The molecule has 0 radical (unpaired) electrons. The van der Waals surface area contributed by atoms with Crippen molar-refractivity contribution in [1.82, 2.24) is 15.4 Å². The van der Waals surface area contributed by atoms with Crippen LogP contribution in [0.25, 0.3) is 30.6 Å². The molecular weight excluding hydrogens is 674 g/mol. The van der Waals surface area contributed by atoms with E-state index in [2.05, 4.69) is 51.1 Å². The largest absolute Gasteiger partial charge is 0.574 e. The van der Waals surface area contributed by atoms with Crippen LogP contribution in [0.15, 0.2) is 63.1 Å². The number of aryl methyl sites for hydroxylation is 2. The second kappa shape index (κ2) is 22.4. The van der Waals surface area contributed by atoms with Gasteiger partial charge in [-0.3, -0.25) is 0 Å². The fraction of sp³-hybridized carbons (Fsp3) is 0.357. The molecule has 6 rings (SSSR count). The number of hydrogen-bond donors (Lipinski definition) is 0. The molecule has 0 aliphatic rings. The fourth-order valence-electron chi connectivity index (χ4n) is 2.52. The summed E-state index contributed by atoms with van der Waals surface area (Å²) in [7, 11) is 0. The van der Waals surface area contributed by atoms with Crippen molar-refractivity contribution in [3.63, 3.8) is 0 Å². The predicted molar refractivity (Wildman–Crippen MR) is 162 cm³/mol. The average Bonchev–Trinajstić information content (AvgIpc) is 3.76. The molecule has 6 aromatic rings. The zero-order valence-corrected chi connectivity index (χ0v) is 28.5. The maximum atomic E-state index is 4.95. The summed E-state index contributed by atoms with van der Waals surface area (Å²) in [5, 5.41) is 19.1. The Morgan fingerprint density at radius 1 is 0.667 bits per heavy atom. The van der Waals surface area contributed by atoms with Crippen molar-refractivity contribution in [1.29, 1.82) is 0 Å². The van der Waals surface area contributed by atoms with Gasteiger partial charge in [-0.2, -0.15) is 0 Å². The van der Waals surface area contributed by atoms with Gasteiger partial charge in [0.1, 0.15) is 0 Å². The third-order valence-corrected chi connectivity index (χ3v) is 6.80. The monoisotopic (exact) mass is 714 g/mol. The first-order chi connectivity index (χ1) is 17.2. The van der Waals surface area contributed by atoms with Gasteiger partial charge in [0.15, 0.2) is 5.58 Å². The minimum Gasteiger partial charge on any atom is -0.574 e. The van der Waals surface area contributed by atoms with E-state index in [1.807, 2.05) is 92.1 Å². The molecule has 0 aliphatic heterocycles. The van der Waals surface area contributed by atoms with E-state index in [9.17, 15) is 0 Å². The van der Waals surface area contributed by atoms with Gasteiger partial charge in [0.25, 0.3) is 0 Å². The number of hydrogen-bond acceptors (Lipinski definition) is 6. The van der Waals surface area contributed by atoms with Gasteiger partial charge in [0.05, 0.1) is 10.4 Å². The molecule has 0 aliphatic carbocycles. The summed E-state index contributed by atoms with van der Waals surface area (Å²) >= 11 is 5.15. The smallest absolute Gasteiger partial charge is 0.177 e. The second-order valence-corrected chi connectivity index (χ2v) is 8.54. The van der Waals surface area contributed by atoms with E-state index >= 15 is 0 Å². The minimum absolute atomic E-state index is 0. The Balaban J connectivity index is 0. The van der Waals surface area contributed by atoms with E-state index in [1.54, 1.807) is 34.0 Å². The Labute approximate surface area is 243 Å². The molecular formula is C28H40N3OS3W-. The third kappa shape index (κ3) is 11.1. The first kappa shape index (κ1) is 36.4. The summed E-state index contributed by atoms with van der Waals surface area (Å²) in [5.41, 5.74) is 3.95. The van der Waals surface area contributed by atoms with Gasteiger partial charge in [-0.25, -0.2) is 0 Å². The zero-order valence-electron chi connectivity index (χ0n) is 23.2. The van der Waals surface area contributed by atoms with Crippen LogP contribution in [0.2, 0.25) is 0 Å². The zero-order chi connectivity index (χ0) is 26.6.